The molecule has 0 aliphatic heterocycles. The lowest BCUT2D eigenvalue weighted by molar-refractivity contribution is -0.113. The van der Waals surface area contributed by atoms with Crippen molar-refractivity contribution in [2.45, 2.75) is 25.3 Å². The maximum atomic E-state index is 12.7. The number of benzene rings is 3. The summed E-state index contributed by atoms with van der Waals surface area (Å²) >= 11 is 1.50. The molecule has 4 aromatic rings. The fourth-order valence-corrected chi connectivity index (χ4v) is 4.35. The lowest BCUT2D eigenvalue weighted by Gasteiger charge is -2.13. The van der Waals surface area contributed by atoms with Crippen molar-refractivity contribution < 1.29 is 4.79 Å². The van der Waals surface area contributed by atoms with Crippen LogP contribution in [0.4, 0.5) is 5.69 Å². The predicted molar refractivity (Wildman–Crippen MR) is 126 cm³/mol. The van der Waals surface area contributed by atoms with Crippen LogP contribution in [0.3, 0.4) is 0 Å². The number of anilines is 1. The molecule has 0 spiro atoms. The molecule has 150 valence electrons. The van der Waals surface area contributed by atoms with Crippen LogP contribution in [0.15, 0.2) is 83.9 Å². The topological polar surface area (TPSA) is 42.0 Å². The molecule has 4 heteroatoms. The second kappa shape index (κ2) is 9.14. The molecule has 0 bridgehead atoms. The molecule has 1 aromatic heterocycles. The number of thioether (sulfide) groups is 1. The van der Waals surface area contributed by atoms with Crippen LogP contribution >= 0.6 is 11.8 Å². The molecular formula is C26H24N2OS. The van der Waals surface area contributed by atoms with Gasteiger partial charge in [0.25, 0.3) is 0 Å². The Labute approximate surface area is 181 Å². The van der Waals surface area contributed by atoms with Gasteiger partial charge in [0.1, 0.15) is 5.03 Å². The van der Waals surface area contributed by atoms with Crippen molar-refractivity contribution in [3.63, 3.8) is 0 Å². The van der Waals surface area contributed by atoms with E-state index >= 15 is 0 Å². The number of pyridine rings is 1. The second-order valence-electron chi connectivity index (χ2n) is 7.41. The minimum atomic E-state index is -0.0157. The fourth-order valence-electron chi connectivity index (χ4n) is 3.53. The Morgan fingerprint density at radius 3 is 2.37 bits per heavy atom. The van der Waals surface area contributed by atoms with Gasteiger partial charge in [0.2, 0.25) is 5.91 Å². The maximum Gasteiger partial charge on any atom is 0.234 e. The average molecular weight is 413 g/mol. The van der Waals surface area contributed by atoms with Crippen LogP contribution in [0.25, 0.3) is 10.9 Å². The van der Waals surface area contributed by atoms with Crippen LogP contribution < -0.4 is 5.32 Å². The summed E-state index contributed by atoms with van der Waals surface area (Å²) in [7, 11) is 0. The van der Waals surface area contributed by atoms with Crippen LogP contribution in [0, 0.1) is 13.8 Å². The maximum absolute atomic E-state index is 12.7. The Morgan fingerprint density at radius 2 is 1.60 bits per heavy atom. The molecule has 3 aromatic carbocycles. The van der Waals surface area contributed by atoms with Gasteiger partial charge in [-0.05, 0) is 48.2 Å². The van der Waals surface area contributed by atoms with E-state index in [9.17, 15) is 4.79 Å². The van der Waals surface area contributed by atoms with Crippen molar-refractivity contribution in [3.8, 4) is 0 Å². The first-order valence-electron chi connectivity index (χ1n) is 10.0. The minimum absolute atomic E-state index is 0.0157. The molecule has 0 aliphatic carbocycles. The number of nitrogens with zero attached hydrogens (tertiary/aromatic N) is 1. The predicted octanol–water partition coefficient (Wildman–Crippen LogP) is 6.17. The zero-order chi connectivity index (χ0) is 20.9. The third kappa shape index (κ3) is 4.71. The lowest BCUT2D eigenvalue weighted by atomic mass is 10.0. The highest BCUT2D eigenvalue weighted by Gasteiger charge is 2.12. The van der Waals surface area contributed by atoms with E-state index in [0.29, 0.717) is 5.75 Å². The van der Waals surface area contributed by atoms with E-state index in [4.69, 9.17) is 4.98 Å². The van der Waals surface area contributed by atoms with Crippen LogP contribution in [0.5, 0.6) is 0 Å². The van der Waals surface area contributed by atoms with Gasteiger partial charge in [0.15, 0.2) is 0 Å². The van der Waals surface area contributed by atoms with Gasteiger partial charge >= 0.3 is 0 Å². The molecule has 1 heterocycles. The number of carbonyl (C=O) groups excluding carboxylic acids is 1. The first-order chi connectivity index (χ1) is 14.6. The Kier molecular flexibility index (Phi) is 6.15. The summed E-state index contributed by atoms with van der Waals surface area (Å²) in [6.45, 7) is 4.03. The van der Waals surface area contributed by atoms with E-state index in [1.165, 1.54) is 17.3 Å². The number of hydrogen-bond donors (Lipinski definition) is 1. The van der Waals surface area contributed by atoms with Gasteiger partial charge in [-0.15, -0.1) is 0 Å². The third-order valence-electron chi connectivity index (χ3n) is 5.09. The number of para-hydroxylation sites is 2. The standard InChI is InChI=1S/C26H24N2OS/c1-18-9-8-10-19(2)25(18)28-24(29)17-30-26-22(15-20-11-4-3-5-12-20)16-21-13-6-7-14-23(21)27-26/h3-14,16H,15,17H2,1-2H3,(H,28,29). The van der Waals surface area contributed by atoms with Gasteiger partial charge in [-0.1, -0.05) is 78.5 Å². The summed E-state index contributed by atoms with van der Waals surface area (Å²) < 4.78 is 0. The number of carbonyl (C=O) groups is 1. The summed E-state index contributed by atoms with van der Waals surface area (Å²) in [6, 6.07) is 26.7. The Morgan fingerprint density at radius 1 is 0.900 bits per heavy atom. The van der Waals surface area contributed by atoms with Crippen LogP contribution in [0.2, 0.25) is 0 Å². The smallest absolute Gasteiger partial charge is 0.234 e. The Bertz CT molecular complexity index is 1170. The number of rotatable bonds is 6. The lowest BCUT2D eigenvalue weighted by Crippen LogP contribution is -2.16. The van der Waals surface area contributed by atoms with Crippen LogP contribution in [-0.2, 0) is 11.2 Å². The summed E-state index contributed by atoms with van der Waals surface area (Å²) in [5.41, 5.74) is 6.37. The van der Waals surface area contributed by atoms with Gasteiger partial charge in [0, 0.05) is 17.5 Å². The highest BCUT2D eigenvalue weighted by molar-refractivity contribution is 8.00. The largest absolute Gasteiger partial charge is 0.325 e. The number of nitrogens with one attached hydrogen (secondary N) is 1. The van der Waals surface area contributed by atoms with Gasteiger partial charge in [-0.2, -0.15) is 0 Å². The minimum Gasteiger partial charge on any atom is -0.325 e. The van der Waals surface area contributed by atoms with E-state index in [2.05, 4.69) is 41.7 Å². The zero-order valence-electron chi connectivity index (χ0n) is 17.2. The Hall–Kier alpha value is -3.11. The average Bonchev–Trinajstić information content (AvgIpc) is 2.75. The summed E-state index contributed by atoms with van der Waals surface area (Å²) in [5, 5.41) is 5.10. The number of amides is 1. The highest BCUT2D eigenvalue weighted by Crippen LogP contribution is 2.28. The third-order valence-corrected chi connectivity index (χ3v) is 6.12. The molecule has 30 heavy (non-hydrogen) atoms. The van der Waals surface area contributed by atoms with Crippen molar-refractivity contribution in [1.82, 2.24) is 4.98 Å². The van der Waals surface area contributed by atoms with Crippen LogP contribution in [-0.4, -0.2) is 16.6 Å². The van der Waals surface area contributed by atoms with E-state index in [0.717, 1.165) is 44.7 Å². The molecule has 0 saturated carbocycles. The molecule has 1 amide bonds. The monoisotopic (exact) mass is 412 g/mol. The highest BCUT2D eigenvalue weighted by atomic mass is 32.2. The Balaban J connectivity index is 1.56. The molecule has 0 unspecified atom stereocenters. The van der Waals surface area contributed by atoms with Gasteiger partial charge in [0.05, 0.1) is 11.3 Å². The molecule has 3 nitrogen and oxygen atoms in total. The van der Waals surface area contributed by atoms with E-state index in [1.54, 1.807) is 0 Å². The van der Waals surface area contributed by atoms with Gasteiger partial charge in [-0.3, -0.25) is 4.79 Å². The zero-order valence-corrected chi connectivity index (χ0v) is 18.0. The number of aromatic nitrogens is 1. The van der Waals surface area contributed by atoms with Crippen molar-refractivity contribution in [2.24, 2.45) is 0 Å². The number of aryl methyl sites for hydroxylation is 2. The van der Waals surface area contributed by atoms with Crippen LogP contribution in [0.1, 0.15) is 22.3 Å². The molecule has 0 fully saturated rings. The molecule has 0 atom stereocenters. The van der Waals surface area contributed by atoms with Crippen molar-refractivity contribution in [2.75, 3.05) is 11.1 Å². The van der Waals surface area contributed by atoms with Crippen molar-refractivity contribution in [3.05, 3.63) is 101 Å². The van der Waals surface area contributed by atoms with Crippen molar-refractivity contribution >= 4 is 34.3 Å². The molecule has 0 radical (unpaired) electrons. The van der Waals surface area contributed by atoms with E-state index in [1.807, 2.05) is 56.3 Å². The quantitative estimate of drug-likeness (QED) is 0.385. The van der Waals surface area contributed by atoms with E-state index < -0.39 is 0 Å². The normalized spacial score (nSPS) is 10.9. The number of hydrogen-bond acceptors (Lipinski definition) is 3. The van der Waals surface area contributed by atoms with Crippen molar-refractivity contribution in [1.29, 1.82) is 0 Å². The molecular weight excluding hydrogens is 388 g/mol. The SMILES string of the molecule is Cc1cccc(C)c1NC(=O)CSc1nc2ccccc2cc1Cc1ccccc1. The summed E-state index contributed by atoms with van der Waals surface area (Å²) in [4.78, 5) is 17.5. The molecule has 0 saturated heterocycles. The first kappa shape index (κ1) is 20.2. The van der Waals surface area contributed by atoms with Gasteiger partial charge < -0.3 is 5.32 Å². The van der Waals surface area contributed by atoms with E-state index in [-0.39, 0.29) is 5.91 Å². The molecule has 0 aliphatic rings. The molecule has 4 rings (SSSR count). The van der Waals surface area contributed by atoms with Gasteiger partial charge in [-0.25, -0.2) is 4.98 Å². The number of fused-ring (bicyclic) bond motifs is 1. The fraction of sp³-hybridized carbons (Fsp3) is 0.154. The molecule has 1 N–H and O–H groups in total. The summed E-state index contributed by atoms with van der Waals surface area (Å²) in [5.74, 6) is 0.305. The summed E-state index contributed by atoms with van der Waals surface area (Å²) in [6.07, 6.45) is 0.791. The second-order valence-corrected chi connectivity index (χ2v) is 8.38. The first-order valence-corrected chi connectivity index (χ1v) is 11.0.